The van der Waals surface area contributed by atoms with Crippen molar-refractivity contribution in [2.45, 2.75) is 13.3 Å². The maximum atomic E-state index is 11.6. The Kier molecular flexibility index (Phi) is 4.78. The van der Waals surface area contributed by atoms with Gasteiger partial charge >= 0.3 is 5.95 Å². The van der Waals surface area contributed by atoms with Gasteiger partial charge in [-0.05, 0) is 26.9 Å². The Labute approximate surface area is 94.3 Å². The van der Waals surface area contributed by atoms with Crippen molar-refractivity contribution in [3.8, 4) is 5.95 Å². The van der Waals surface area contributed by atoms with Crippen molar-refractivity contribution in [3.63, 3.8) is 0 Å². The van der Waals surface area contributed by atoms with Gasteiger partial charge in [0.1, 0.15) is 0 Å². The second-order valence-corrected chi connectivity index (χ2v) is 3.36. The molecule has 0 saturated heterocycles. The SMILES string of the molecule is CNCCCNC(=O)c1noc(OC)c1C. The van der Waals surface area contributed by atoms with E-state index in [-0.39, 0.29) is 17.5 Å². The molecule has 1 heterocycles. The van der Waals surface area contributed by atoms with Crippen LogP contribution >= 0.6 is 0 Å². The van der Waals surface area contributed by atoms with Gasteiger partial charge in [-0.3, -0.25) is 4.79 Å². The Morgan fingerprint density at radius 3 is 2.81 bits per heavy atom. The lowest BCUT2D eigenvalue weighted by Crippen LogP contribution is -2.27. The highest BCUT2D eigenvalue weighted by atomic mass is 16.6. The number of nitrogens with zero attached hydrogens (tertiary/aromatic N) is 1. The number of hydrogen-bond acceptors (Lipinski definition) is 5. The Bertz CT molecular complexity index is 349. The highest BCUT2D eigenvalue weighted by molar-refractivity contribution is 5.93. The number of aromatic nitrogens is 1. The second kappa shape index (κ2) is 6.12. The Balaban J connectivity index is 2.49. The number of methoxy groups -OCH3 is 1. The lowest BCUT2D eigenvalue weighted by Gasteiger charge is -2.02. The first kappa shape index (κ1) is 12.5. The number of hydrogen-bond donors (Lipinski definition) is 2. The molecule has 1 aromatic rings. The topological polar surface area (TPSA) is 76.4 Å². The van der Waals surface area contributed by atoms with Crippen molar-refractivity contribution in [2.24, 2.45) is 0 Å². The van der Waals surface area contributed by atoms with E-state index in [4.69, 9.17) is 9.26 Å². The number of carbonyl (C=O) groups is 1. The lowest BCUT2D eigenvalue weighted by molar-refractivity contribution is 0.0943. The molecule has 0 aliphatic carbocycles. The van der Waals surface area contributed by atoms with E-state index >= 15 is 0 Å². The minimum atomic E-state index is -0.236. The molecule has 0 radical (unpaired) electrons. The van der Waals surface area contributed by atoms with Crippen LogP contribution in [0.5, 0.6) is 5.95 Å². The number of nitrogens with one attached hydrogen (secondary N) is 2. The van der Waals surface area contributed by atoms with Gasteiger partial charge in [-0.15, -0.1) is 0 Å². The summed E-state index contributed by atoms with van der Waals surface area (Å²) in [5, 5.41) is 9.41. The Hall–Kier alpha value is -1.56. The molecule has 2 N–H and O–H groups in total. The van der Waals surface area contributed by atoms with Crippen molar-refractivity contribution in [2.75, 3.05) is 27.2 Å². The molecule has 0 aliphatic rings. The van der Waals surface area contributed by atoms with Gasteiger partial charge in [0.05, 0.1) is 12.7 Å². The molecular weight excluding hydrogens is 210 g/mol. The van der Waals surface area contributed by atoms with E-state index in [0.717, 1.165) is 13.0 Å². The molecule has 0 aromatic carbocycles. The zero-order valence-corrected chi connectivity index (χ0v) is 9.79. The fraction of sp³-hybridized carbons (Fsp3) is 0.600. The summed E-state index contributed by atoms with van der Waals surface area (Å²) in [4.78, 5) is 11.6. The van der Waals surface area contributed by atoms with Crippen molar-refractivity contribution in [3.05, 3.63) is 11.3 Å². The number of ether oxygens (including phenoxy) is 1. The van der Waals surface area contributed by atoms with Crippen molar-refractivity contribution in [1.29, 1.82) is 0 Å². The third kappa shape index (κ3) is 2.96. The van der Waals surface area contributed by atoms with Gasteiger partial charge in [-0.25, -0.2) is 0 Å². The third-order valence-electron chi connectivity index (χ3n) is 2.17. The van der Waals surface area contributed by atoms with E-state index in [0.29, 0.717) is 12.1 Å². The van der Waals surface area contributed by atoms with Gasteiger partial charge in [0.25, 0.3) is 5.91 Å². The maximum Gasteiger partial charge on any atom is 0.314 e. The summed E-state index contributed by atoms with van der Waals surface area (Å²) < 4.78 is 9.75. The molecule has 90 valence electrons. The molecular formula is C10H17N3O3. The van der Waals surface area contributed by atoms with Crippen molar-refractivity contribution in [1.82, 2.24) is 15.8 Å². The van der Waals surface area contributed by atoms with Gasteiger partial charge in [0.2, 0.25) is 0 Å². The number of amides is 1. The van der Waals surface area contributed by atoms with Crippen LogP contribution in [-0.4, -0.2) is 38.3 Å². The average Bonchev–Trinajstić information content (AvgIpc) is 2.65. The standard InChI is InChI=1S/C10H17N3O3/c1-7-8(13-16-10(7)15-3)9(14)12-6-4-5-11-2/h11H,4-6H2,1-3H3,(H,12,14). The quantitative estimate of drug-likeness (QED) is 0.685. The molecule has 0 spiro atoms. The van der Waals surface area contributed by atoms with Gasteiger partial charge < -0.3 is 19.9 Å². The van der Waals surface area contributed by atoms with Crippen LogP contribution in [0.4, 0.5) is 0 Å². The highest BCUT2D eigenvalue weighted by Gasteiger charge is 2.18. The van der Waals surface area contributed by atoms with Gasteiger partial charge in [0, 0.05) is 6.54 Å². The van der Waals surface area contributed by atoms with E-state index in [9.17, 15) is 4.79 Å². The minimum Gasteiger partial charge on any atom is -0.467 e. The van der Waals surface area contributed by atoms with E-state index in [1.54, 1.807) is 6.92 Å². The first-order valence-electron chi connectivity index (χ1n) is 5.13. The normalized spacial score (nSPS) is 10.2. The van der Waals surface area contributed by atoms with Crippen LogP contribution in [0.25, 0.3) is 0 Å². The van der Waals surface area contributed by atoms with Crippen LogP contribution in [0.1, 0.15) is 22.5 Å². The van der Waals surface area contributed by atoms with E-state index in [1.807, 2.05) is 7.05 Å². The lowest BCUT2D eigenvalue weighted by atomic mass is 10.2. The van der Waals surface area contributed by atoms with Crippen molar-refractivity contribution < 1.29 is 14.1 Å². The molecule has 6 heteroatoms. The van der Waals surface area contributed by atoms with Crippen LogP contribution in [0.15, 0.2) is 4.52 Å². The monoisotopic (exact) mass is 227 g/mol. The van der Waals surface area contributed by atoms with Crippen LogP contribution in [-0.2, 0) is 0 Å². The minimum absolute atomic E-state index is 0.236. The summed E-state index contributed by atoms with van der Waals surface area (Å²) in [6.45, 7) is 3.20. The molecule has 1 rings (SSSR count). The second-order valence-electron chi connectivity index (χ2n) is 3.36. The summed E-state index contributed by atoms with van der Waals surface area (Å²) in [7, 11) is 3.34. The molecule has 1 aromatic heterocycles. The fourth-order valence-electron chi connectivity index (χ4n) is 1.27. The van der Waals surface area contributed by atoms with Gasteiger partial charge in [-0.1, -0.05) is 5.16 Å². The van der Waals surface area contributed by atoms with Crippen LogP contribution < -0.4 is 15.4 Å². The zero-order valence-electron chi connectivity index (χ0n) is 9.79. The Morgan fingerprint density at radius 1 is 1.50 bits per heavy atom. The zero-order chi connectivity index (χ0) is 12.0. The summed E-state index contributed by atoms with van der Waals surface area (Å²) in [5.74, 6) is 0.0426. The molecule has 0 saturated carbocycles. The summed E-state index contributed by atoms with van der Waals surface area (Å²) in [6.07, 6.45) is 0.871. The van der Waals surface area contributed by atoms with Crippen molar-refractivity contribution >= 4 is 5.91 Å². The summed E-state index contributed by atoms with van der Waals surface area (Å²) in [5.41, 5.74) is 0.898. The van der Waals surface area contributed by atoms with Crippen LogP contribution in [0.2, 0.25) is 0 Å². The average molecular weight is 227 g/mol. The molecule has 6 nitrogen and oxygen atoms in total. The predicted molar refractivity (Wildman–Crippen MR) is 58.7 cm³/mol. The summed E-state index contributed by atoms with van der Waals surface area (Å²) in [6, 6.07) is 0. The molecule has 0 aliphatic heterocycles. The number of rotatable bonds is 6. The molecule has 16 heavy (non-hydrogen) atoms. The van der Waals surface area contributed by atoms with Crippen LogP contribution in [0, 0.1) is 6.92 Å². The van der Waals surface area contributed by atoms with Crippen LogP contribution in [0.3, 0.4) is 0 Å². The van der Waals surface area contributed by atoms with Gasteiger partial charge in [0.15, 0.2) is 5.69 Å². The Morgan fingerprint density at radius 2 is 2.25 bits per heavy atom. The van der Waals surface area contributed by atoms with E-state index < -0.39 is 0 Å². The maximum absolute atomic E-state index is 11.6. The van der Waals surface area contributed by atoms with E-state index in [1.165, 1.54) is 7.11 Å². The number of carbonyl (C=O) groups excluding carboxylic acids is 1. The largest absolute Gasteiger partial charge is 0.467 e. The van der Waals surface area contributed by atoms with E-state index in [2.05, 4.69) is 15.8 Å². The predicted octanol–water partition coefficient (Wildman–Crippen LogP) is 0.331. The van der Waals surface area contributed by atoms with Gasteiger partial charge in [-0.2, -0.15) is 0 Å². The molecule has 1 amide bonds. The molecule has 0 unspecified atom stereocenters. The molecule has 0 bridgehead atoms. The molecule has 0 fully saturated rings. The first-order chi connectivity index (χ1) is 7.70. The molecule has 0 atom stereocenters. The summed E-state index contributed by atoms with van der Waals surface area (Å²) >= 11 is 0. The highest BCUT2D eigenvalue weighted by Crippen LogP contribution is 2.19. The third-order valence-corrected chi connectivity index (χ3v) is 2.17. The smallest absolute Gasteiger partial charge is 0.314 e. The first-order valence-corrected chi connectivity index (χ1v) is 5.13. The fourth-order valence-corrected chi connectivity index (χ4v) is 1.27.